The summed E-state index contributed by atoms with van der Waals surface area (Å²) in [5.74, 6) is -2.17. The highest BCUT2D eigenvalue weighted by atomic mass is 32.2. The van der Waals surface area contributed by atoms with Crippen molar-refractivity contribution in [3.05, 3.63) is 0 Å². The summed E-state index contributed by atoms with van der Waals surface area (Å²) in [5, 5.41) is 10.7. The Morgan fingerprint density at radius 3 is 2.22 bits per heavy atom. The molecule has 0 atom stereocenters. The fraction of sp³-hybridized carbons (Fsp3) is 0.818. The average Bonchev–Trinajstić information content (AvgIpc) is 2.12. The van der Waals surface area contributed by atoms with Crippen LogP contribution in [0.3, 0.4) is 0 Å². The van der Waals surface area contributed by atoms with Gasteiger partial charge in [0.25, 0.3) is 0 Å². The Hall–Kier alpha value is -1.11. The molecule has 0 radical (unpaired) electrons. The number of carbonyl (C=O) groups excluding carboxylic acids is 1. The molecule has 1 rings (SSSR count). The van der Waals surface area contributed by atoms with Crippen LogP contribution in [-0.4, -0.2) is 41.9 Å². The van der Waals surface area contributed by atoms with Gasteiger partial charge in [-0.1, -0.05) is 0 Å². The number of aliphatic carboxylic acids is 1. The monoisotopic (exact) mass is 277 g/mol. The summed E-state index contributed by atoms with van der Waals surface area (Å²) in [6.45, 7) is 3.03. The molecule has 1 saturated carbocycles. The second-order valence-corrected chi connectivity index (χ2v) is 7.67. The highest BCUT2D eigenvalue weighted by molar-refractivity contribution is 7.92. The Kier molecular flexibility index (Phi) is 4.37. The standard InChI is InChI=1S/C11H19NO5S/c1-8(2)18(16,17)7-9(13)12-11(4-3-5-11)6-10(14)15/h8H,3-7H2,1-2H3,(H,12,13)(H,14,15). The van der Waals surface area contributed by atoms with E-state index in [4.69, 9.17) is 5.11 Å². The van der Waals surface area contributed by atoms with Crippen LogP contribution >= 0.6 is 0 Å². The Bertz CT molecular complexity index is 436. The topological polar surface area (TPSA) is 101 Å². The molecule has 1 aliphatic carbocycles. The van der Waals surface area contributed by atoms with Crippen molar-refractivity contribution < 1.29 is 23.1 Å². The maximum absolute atomic E-state index is 11.7. The third-order valence-electron chi connectivity index (χ3n) is 3.26. The van der Waals surface area contributed by atoms with Gasteiger partial charge in [0.2, 0.25) is 5.91 Å². The lowest BCUT2D eigenvalue weighted by Gasteiger charge is -2.41. The van der Waals surface area contributed by atoms with E-state index in [-0.39, 0.29) is 6.42 Å². The number of carboxylic acid groups (broad SMARTS) is 1. The number of hydrogen-bond donors (Lipinski definition) is 2. The number of amides is 1. The van der Waals surface area contributed by atoms with Crippen molar-refractivity contribution in [2.45, 2.75) is 50.3 Å². The fourth-order valence-corrected chi connectivity index (χ4v) is 2.69. The van der Waals surface area contributed by atoms with E-state index in [1.54, 1.807) is 0 Å². The summed E-state index contributed by atoms with van der Waals surface area (Å²) in [6, 6.07) is 0. The highest BCUT2D eigenvalue weighted by Gasteiger charge is 2.40. The van der Waals surface area contributed by atoms with Gasteiger partial charge < -0.3 is 10.4 Å². The fourth-order valence-electron chi connectivity index (χ4n) is 1.92. The van der Waals surface area contributed by atoms with Gasteiger partial charge in [-0.05, 0) is 33.1 Å². The number of nitrogens with one attached hydrogen (secondary N) is 1. The van der Waals surface area contributed by atoms with Crippen LogP contribution in [-0.2, 0) is 19.4 Å². The molecule has 0 saturated heterocycles. The molecule has 0 aliphatic heterocycles. The van der Waals surface area contributed by atoms with Gasteiger partial charge in [0.1, 0.15) is 5.75 Å². The van der Waals surface area contributed by atoms with Gasteiger partial charge in [-0.3, -0.25) is 9.59 Å². The molecule has 2 N–H and O–H groups in total. The van der Waals surface area contributed by atoms with Crippen molar-refractivity contribution in [3.63, 3.8) is 0 Å². The van der Waals surface area contributed by atoms with Gasteiger partial charge in [-0.15, -0.1) is 0 Å². The first kappa shape index (κ1) is 14.9. The lowest BCUT2D eigenvalue weighted by atomic mass is 9.74. The minimum absolute atomic E-state index is 0.152. The number of carboxylic acids is 1. The van der Waals surface area contributed by atoms with Crippen LogP contribution in [0.1, 0.15) is 39.5 Å². The van der Waals surface area contributed by atoms with Gasteiger partial charge in [0.15, 0.2) is 9.84 Å². The van der Waals surface area contributed by atoms with Crippen molar-refractivity contribution in [1.29, 1.82) is 0 Å². The SMILES string of the molecule is CC(C)S(=O)(=O)CC(=O)NC1(CC(=O)O)CCC1. The van der Waals surface area contributed by atoms with E-state index < -0.39 is 38.3 Å². The molecule has 0 aromatic carbocycles. The third kappa shape index (κ3) is 3.69. The predicted octanol–water partition coefficient (Wildman–Crippen LogP) is 0.323. The summed E-state index contributed by atoms with van der Waals surface area (Å²) in [5.41, 5.74) is -0.741. The van der Waals surface area contributed by atoms with Crippen molar-refractivity contribution in [3.8, 4) is 0 Å². The summed E-state index contributed by atoms with van der Waals surface area (Å²) >= 11 is 0. The van der Waals surface area contributed by atoms with Crippen LogP contribution in [0.15, 0.2) is 0 Å². The van der Waals surface area contributed by atoms with Crippen molar-refractivity contribution in [1.82, 2.24) is 5.32 Å². The Balaban J connectivity index is 2.61. The summed E-state index contributed by atoms with van der Waals surface area (Å²) < 4.78 is 23.2. The molecule has 104 valence electrons. The average molecular weight is 277 g/mol. The molecule has 0 aromatic heterocycles. The minimum Gasteiger partial charge on any atom is -0.481 e. The summed E-state index contributed by atoms with van der Waals surface area (Å²) in [6.07, 6.45) is 1.88. The molecule has 0 heterocycles. The molecule has 0 spiro atoms. The number of sulfone groups is 1. The second-order valence-electron chi connectivity index (χ2n) is 5.11. The van der Waals surface area contributed by atoms with Gasteiger partial charge >= 0.3 is 5.97 Å². The zero-order valence-corrected chi connectivity index (χ0v) is 11.4. The van der Waals surface area contributed by atoms with E-state index in [0.29, 0.717) is 12.8 Å². The molecular weight excluding hydrogens is 258 g/mol. The van der Waals surface area contributed by atoms with Gasteiger partial charge in [0, 0.05) is 0 Å². The molecule has 1 amide bonds. The maximum Gasteiger partial charge on any atom is 0.305 e. The molecule has 1 fully saturated rings. The van der Waals surface area contributed by atoms with Crippen LogP contribution in [0, 0.1) is 0 Å². The largest absolute Gasteiger partial charge is 0.481 e. The zero-order valence-electron chi connectivity index (χ0n) is 10.6. The normalized spacial score (nSPS) is 18.2. The molecule has 18 heavy (non-hydrogen) atoms. The lowest BCUT2D eigenvalue weighted by molar-refractivity contribution is -0.140. The molecule has 6 nitrogen and oxygen atoms in total. The van der Waals surface area contributed by atoms with E-state index in [9.17, 15) is 18.0 Å². The van der Waals surface area contributed by atoms with Crippen LogP contribution in [0.4, 0.5) is 0 Å². The maximum atomic E-state index is 11.7. The number of rotatable bonds is 6. The van der Waals surface area contributed by atoms with Gasteiger partial charge in [-0.25, -0.2) is 8.42 Å². The van der Waals surface area contributed by atoms with Gasteiger partial charge in [0.05, 0.1) is 17.2 Å². The zero-order chi connectivity index (χ0) is 14.0. The van der Waals surface area contributed by atoms with Gasteiger partial charge in [-0.2, -0.15) is 0 Å². The first-order chi connectivity index (χ1) is 8.17. The predicted molar refractivity (Wildman–Crippen MR) is 65.9 cm³/mol. The molecule has 7 heteroatoms. The smallest absolute Gasteiger partial charge is 0.305 e. The summed E-state index contributed by atoms with van der Waals surface area (Å²) in [7, 11) is -3.44. The van der Waals surface area contributed by atoms with E-state index in [0.717, 1.165) is 6.42 Å². The van der Waals surface area contributed by atoms with Crippen LogP contribution < -0.4 is 5.32 Å². The lowest BCUT2D eigenvalue weighted by Crippen LogP contribution is -2.56. The van der Waals surface area contributed by atoms with E-state index in [2.05, 4.69) is 5.32 Å². The second kappa shape index (κ2) is 5.26. The summed E-state index contributed by atoms with van der Waals surface area (Å²) in [4.78, 5) is 22.4. The molecule has 1 aliphatic rings. The Morgan fingerprint density at radius 1 is 1.33 bits per heavy atom. The highest BCUT2D eigenvalue weighted by Crippen LogP contribution is 2.34. The van der Waals surface area contributed by atoms with Crippen molar-refractivity contribution in [2.75, 3.05) is 5.75 Å². The van der Waals surface area contributed by atoms with Crippen LogP contribution in [0.25, 0.3) is 0 Å². The number of hydrogen-bond acceptors (Lipinski definition) is 4. The minimum atomic E-state index is -3.44. The molecule has 0 unspecified atom stereocenters. The van der Waals surface area contributed by atoms with Crippen molar-refractivity contribution >= 4 is 21.7 Å². The van der Waals surface area contributed by atoms with E-state index in [1.165, 1.54) is 13.8 Å². The third-order valence-corrected chi connectivity index (χ3v) is 5.36. The van der Waals surface area contributed by atoms with Crippen LogP contribution in [0.5, 0.6) is 0 Å². The Labute approximate surface area is 107 Å². The van der Waals surface area contributed by atoms with Crippen LogP contribution in [0.2, 0.25) is 0 Å². The first-order valence-electron chi connectivity index (χ1n) is 5.91. The van der Waals surface area contributed by atoms with E-state index >= 15 is 0 Å². The first-order valence-corrected chi connectivity index (χ1v) is 7.63. The molecule has 0 bridgehead atoms. The Morgan fingerprint density at radius 2 is 1.89 bits per heavy atom. The molecule has 0 aromatic rings. The quantitative estimate of drug-likeness (QED) is 0.728. The molecular formula is C11H19NO5S. The van der Waals surface area contributed by atoms with Crippen molar-refractivity contribution in [2.24, 2.45) is 0 Å². The van der Waals surface area contributed by atoms with E-state index in [1.807, 2.05) is 0 Å². The number of carbonyl (C=O) groups is 2.